The zero-order valence-corrected chi connectivity index (χ0v) is 13.1. The average molecular weight is 302 g/mol. The molecule has 0 saturated heterocycles. The van der Waals surface area contributed by atoms with Crippen LogP contribution in [0.25, 0.3) is 0 Å². The van der Waals surface area contributed by atoms with E-state index in [1.165, 1.54) is 6.21 Å². The molecule has 0 radical (unpaired) electrons. The fourth-order valence-electron chi connectivity index (χ4n) is 1.97. The van der Waals surface area contributed by atoms with E-state index in [9.17, 15) is 8.42 Å². The lowest BCUT2D eigenvalue weighted by molar-refractivity contribution is 0.584. The number of hydrazone groups is 1. The molecule has 0 bridgehead atoms. The quantitative estimate of drug-likeness (QED) is 0.697. The molecule has 2 aromatic carbocycles. The third kappa shape index (κ3) is 3.92. The van der Waals surface area contributed by atoms with Crippen LogP contribution in [0.15, 0.2) is 52.5 Å². The minimum atomic E-state index is -3.64. The Balaban J connectivity index is 2.20. The van der Waals surface area contributed by atoms with Gasteiger partial charge in [0.25, 0.3) is 10.0 Å². The van der Waals surface area contributed by atoms with E-state index in [-0.39, 0.29) is 4.90 Å². The van der Waals surface area contributed by atoms with E-state index >= 15 is 0 Å². The maximum absolute atomic E-state index is 12.2. The third-order valence-corrected chi connectivity index (χ3v) is 4.43. The maximum Gasteiger partial charge on any atom is 0.276 e. The number of nitrogens with one attached hydrogen (secondary N) is 1. The van der Waals surface area contributed by atoms with Crippen molar-refractivity contribution in [3.8, 4) is 0 Å². The summed E-state index contributed by atoms with van der Waals surface area (Å²) in [5.41, 5.74) is 3.53. The number of hydrogen-bond donors (Lipinski definition) is 1. The van der Waals surface area contributed by atoms with Crippen LogP contribution in [0.2, 0.25) is 0 Å². The van der Waals surface area contributed by atoms with E-state index in [2.05, 4.69) is 9.93 Å². The zero-order valence-electron chi connectivity index (χ0n) is 12.3. The van der Waals surface area contributed by atoms with Crippen molar-refractivity contribution >= 4 is 16.2 Å². The first-order valence-corrected chi connectivity index (χ1v) is 8.05. The molecule has 0 amide bonds. The second kappa shape index (κ2) is 6.10. The molecule has 0 spiro atoms. The van der Waals surface area contributed by atoms with Crippen LogP contribution in [0.1, 0.15) is 22.3 Å². The first-order chi connectivity index (χ1) is 9.88. The monoisotopic (exact) mass is 302 g/mol. The lowest BCUT2D eigenvalue weighted by atomic mass is 10.2. The van der Waals surface area contributed by atoms with Crippen molar-refractivity contribution in [1.29, 1.82) is 0 Å². The molecule has 0 saturated carbocycles. The Morgan fingerprint density at radius 3 is 2.43 bits per heavy atom. The molecule has 0 fully saturated rings. The highest BCUT2D eigenvalue weighted by Gasteiger charge is 2.15. The van der Waals surface area contributed by atoms with E-state index in [1.54, 1.807) is 19.1 Å². The highest BCUT2D eigenvalue weighted by atomic mass is 32.2. The summed E-state index contributed by atoms with van der Waals surface area (Å²) in [5.74, 6) is 0. The van der Waals surface area contributed by atoms with Crippen LogP contribution < -0.4 is 4.83 Å². The summed E-state index contributed by atoms with van der Waals surface area (Å²) in [6, 6.07) is 13.0. The summed E-state index contributed by atoms with van der Waals surface area (Å²) in [6.45, 7) is 5.59. The van der Waals surface area contributed by atoms with Gasteiger partial charge in [-0.2, -0.15) is 13.5 Å². The molecule has 0 atom stereocenters. The van der Waals surface area contributed by atoms with Gasteiger partial charge in [0.2, 0.25) is 0 Å². The van der Waals surface area contributed by atoms with E-state index in [0.29, 0.717) is 5.56 Å². The van der Waals surface area contributed by atoms with Gasteiger partial charge in [0.1, 0.15) is 0 Å². The molecular weight excluding hydrogens is 284 g/mol. The second-order valence-corrected chi connectivity index (χ2v) is 6.67. The van der Waals surface area contributed by atoms with Gasteiger partial charge in [-0.25, -0.2) is 4.83 Å². The number of sulfonamides is 1. The Hall–Kier alpha value is -2.14. The molecule has 0 aliphatic heterocycles. The van der Waals surface area contributed by atoms with Crippen LogP contribution in [0.4, 0.5) is 0 Å². The van der Waals surface area contributed by atoms with Gasteiger partial charge in [-0.05, 0) is 43.5 Å². The van der Waals surface area contributed by atoms with Gasteiger partial charge >= 0.3 is 0 Å². The highest BCUT2D eigenvalue weighted by molar-refractivity contribution is 7.89. The van der Waals surface area contributed by atoms with Crippen molar-refractivity contribution in [3.05, 3.63) is 64.7 Å². The minimum Gasteiger partial charge on any atom is -0.200 e. The molecule has 2 aromatic rings. The Labute approximate surface area is 125 Å². The SMILES string of the molecule is Cc1cccc(/C=N/NS(=O)(=O)c2cc(C)ccc2C)c1. The number of hydrogen-bond acceptors (Lipinski definition) is 3. The average Bonchev–Trinajstić information content (AvgIpc) is 2.41. The first kappa shape index (κ1) is 15.3. The van der Waals surface area contributed by atoms with Crippen molar-refractivity contribution in [2.75, 3.05) is 0 Å². The molecular formula is C16H18N2O2S. The fraction of sp³-hybridized carbons (Fsp3) is 0.188. The topological polar surface area (TPSA) is 58.5 Å². The lowest BCUT2D eigenvalue weighted by Gasteiger charge is -2.07. The van der Waals surface area contributed by atoms with Crippen LogP contribution in [0.3, 0.4) is 0 Å². The fourth-order valence-corrected chi connectivity index (χ4v) is 3.09. The smallest absolute Gasteiger partial charge is 0.200 e. The summed E-state index contributed by atoms with van der Waals surface area (Å²) in [7, 11) is -3.64. The van der Waals surface area contributed by atoms with E-state index in [1.807, 2.05) is 44.2 Å². The number of rotatable bonds is 4. The van der Waals surface area contributed by atoms with Crippen LogP contribution in [0, 0.1) is 20.8 Å². The molecule has 0 aliphatic carbocycles. The van der Waals surface area contributed by atoms with E-state index in [4.69, 9.17) is 0 Å². The second-order valence-electron chi connectivity index (χ2n) is 5.04. The largest absolute Gasteiger partial charge is 0.276 e. The molecule has 0 unspecified atom stereocenters. The summed E-state index contributed by atoms with van der Waals surface area (Å²) < 4.78 is 24.5. The molecule has 21 heavy (non-hydrogen) atoms. The van der Waals surface area contributed by atoms with Crippen molar-refractivity contribution in [1.82, 2.24) is 4.83 Å². The lowest BCUT2D eigenvalue weighted by Crippen LogP contribution is -2.19. The van der Waals surface area contributed by atoms with Gasteiger partial charge in [-0.3, -0.25) is 0 Å². The van der Waals surface area contributed by atoms with Crippen molar-refractivity contribution < 1.29 is 8.42 Å². The molecule has 110 valence electrons. The maximum atomic E-state index is 12.2. The van der Waals surface area contributed by atoms with Crippen LogP contribution in [-0.2, 0) is 10.0 Å². The Morgan fingerprint density at radius 1 is 1.00 bits per heavy atom. The van der Waals surface area contributed by atoms with Gasteiger partial charge in [0.05, 0.1) is 11.1 Å². The summed E-state index contributed by atoms with van der Waals surface area (Å²) in [4.78, 5) is 2.51. The molecule has 4 nitrogen and oxygen atoms in total. The van der Waals surface area contributed by atoms with Crippen molar-refractivity contribution in [2.24, 2.45) is 5.10 Å². The summed E-state index contributed by atoms with van der Waals surface area (Å²) in [6.07, 6.45) is 1.50. The highest BCUT2D eigenvalue weighted by Crippen LogP contribution is 2.16. The van der Waals surface area contributed by atoms with Gasteiger partial charge < -0.3 is 0 Å². The molecule has 0 heterocycles. The first-order valence-electron chi connectivity index (χ1n) is 6.57. The van der Waals surface area contributed by atoms with Crippen molar-refractivity contribution in [3.63, 3.8) is 0 Å². The van der Waals surface area contributed by atoms with E-state index in [0.717, 1.165) is 16.7 Å². The summed E-state index contributed by atoms with van der Waals surface area (Å²) in [5, 5.41) is 3.84. The third-order valence-electron chi connectivity index (χ3n) is 3.06. The van der Waals surface area contributed by atoms with Crippen LogP contribution in [0.5, 0.6) is 0 Å². The summed E-state index contributed by atoms with van der Waals surface area (Å²) >= 11 is 0. The van der Waals surface area contributed by atoms with E-state index < -0.39 is 10.0 Å². The molecule has 0 aromatic heterocycles. The normalized spacial score (nSPS) is 11.8. The Kier molecular flexibility index (Phi) is 4.43. The van der Waals surface area contributed by atoms with Gasteiger partial charge in [0, 0.05) is 0 Å². The molecule has 2 rings (SSSR count). The van der Waals surface area contributed by atoms with Crippen molar-refractivity contribution in [2.45, 2.75) is 25.7 Å². The van der Waals surface area contributed by atoms with Gasteiger partial charge in [-0.15, -0.1) is 0 Å². The van der Waals surface area contributed by atoms with Gasteiger partial charge in [-0.1, -0.05) is 42.0 Å². The Morgan fingerprint density at radius 2 is 1.71 bits per heavy atom. The zero-order chi connectivity index (χ0) is 15.5. The van der Waals surface area contributed by atoms with Crippen LogP contribution >= 0.6 is 0 Å². The number of benzene rings is 2. The molecule has 1 N–H and O–H groups in total. The Bertz CT molecular complexity index is 781. The van der Waals surface area contributed by atoms with Crippen LogP contribution in [-0.4, -0.2) is 14.6 Å². The predicted molar refractivity (Wildman–Crippen MR) is 85.0 cm³/mol. The number of nitrogens with zero attached hydrogens (tertiary/aromatic N) is 1. The van der Waals surface area contributed by atoms with Gasteiger partial charge in [0.15, 0.2) is 0 Å². The molecule has 5 heteroatoms. The predicted octanol–water partition coefficient (Wildman–Crippen LogP) is 2.92. The molecule has 0 aliphatic rings. The number of aryl methyl sites for hydroxylation is 3. The standard InChI is InChI=1S/C16H18N2O2S/c1-12-5-4-6-15(9-12)11-17-18-21(19,20)16-10-13(2)7-8-14(16)3/h4-11,18H,1-3H3/b17-11+. The minimum absolute atomic E-state index is 0.254.